The van der Waals surface area contributed by atoms with Crippen LogP contribution in [0.3, 0.4) is 0 Å². The van der Waals surface area contributed by atoms with Crippen LogP contribution in [-0.4, -0.2) is 29.8 Å². The maximum Gasteiger partial charge on any atom is 0.254 e. The number of rotatable bonds is 1. The summed E-state index contributed by atoms with van der Waals surface area (Å²) in [5.74, 6) is 0.0351. The van der Waals surface area contributed by atoms with Gasteiger partial charge in [-0.3, -0.25) is 9.59 Å². The highest BCUT2D eigenvalue weighted by Gasteiger charge is 2.30. The number of nitrogens with zero attached hydrogens (tertiary/aromatic N) is 2. The molecule has 0 fully saturated rings. The first-order valence-corrected chi connectivity index (χ1v) is 9.82. The lowest BCUT2D eigenvalue weighted by Gasteiger charge is -2.35. The molecule has 6 heteroatoms. The number of halogens is 2. The zero-order valence-electron chi connectivity index (χ0n) is 15.3. The summed E-state index contributed by atoms with van der Waals surface area (Å²) in [4.78, 5) is 28.5. The largest absolute Gasteiger partial charge is 0.332 e. The van der Waals surface area contributed by atoms with Crippen molar-refractivity contribution in [3.8, 4) is 0 Å². The Bertz CT molecular complexity index is 957. The van der Waals surface area contributed by atoms with E-state index in [0.717, 1.165) is 35.2 Å². The minimum absolute atomic E-state index is 0.00305. The van der Waals surface area contributed by atoms with E-state index in [9.17, 15) is 9.59 Å². The van der Waals surface area contributed by atoms with Gasteiger partial charge in [-0.2, -0.15) is 0 Å². The molecule has 2 heterocycles. The van der Waals surface area contributed by atoms with Crippen molar-refractivity contribution in [2.75, 3.05) is 18.0 Å². The summed E-state index contributed by atoms with van der Waals surface area (Å²) in [6.45, 7) is 4.90. The van der Waals surface area contributed by atoms with Crippen molar-refractivity contribution in [1.29, 1.82) is 0 Å². The molecular formula is C21H20Cl2N2O2. The summed E-state index contributed by atoms with van der Waals surface area (Å²) in [6, 6.07) is 9.34. The predicted molar refractivity (Wildman–Crippen MR) is 108 cm³/mol. The Labute approximate surface area is 168 Å². The molecular weight excluding hydrogens is 383 g/mol. The SMILES string of the molecule is CC(=O)N1CCc2cc(C(=O)N3CCc4cc(Cl)c(Cl)cc4[C@@H]3C)ccc21. The van der Waals surface area contributed by atoms with E-state index in [2.05, 4.69) is 0 Å². The lowest BCUT2D eigenvalue weighted by molar-refractivity contribution is -0.116. The number of carbonyl (C=O) groups is 2. The minimum atomic E-state index is -0.0713. The molecule has 2 aliphatic heterocycles. The summed E-state index contributed by atoms with van der Waals surface area (Å²) in [5, 5.41) is 1.06. The van der Waals surface area contributed by atoms with E-state index in [1.165, 1.54) is 0 Å². The summed E-state index contributed by atoms with van der Waals surface area (Å²) in [6.07, 6.45) is 1.54. The maximum atomic E-state index is 13.2. The van der Waals surface area contributed by atoms with Crippen molar-refractivity contribution in [2.24, 2.45) is 0 Å². The number of amides is 2. The van der Waals surface area contributed by atoms with Crippen LogP contribution in [0.1, 0.15) is 46.9 Å². The van der Waals surface area contributed by atoms with Gasteiger partial charge in [0, 0.05) is 31.3 Å². The van der Waals surface area contributed by atoms with Gasteiger partial charge < -0.3 is 9.80 Å². The second-order valence-corrected chi connectivity index (χ2v) is 7.97. The number of fused-ring (bicyclic) bond motifs is 2. The van der Waals surface area contributed by atoms with Crippen molar-refractivity contribution >= 4 is 40.7 Å². The quantitative estimate of drug-likeness (QED) is 0.695. The van der Waals surface area contributed by atoms with Crippen molar-refractivity contribution in [2.45, 2.75) is 32.7 Å². The van der Waals surface area contributed by atoms with Crippen LogP contribution in [0.5, 0.6) is 0 Å². The van der Waals surface area contributed by atoms with Gasteiger partial charge in [0.25, 0.3) is 5.91 Å². The van der Waals surface area contributed by atoms with Crippen LogP contribution in [0.25, 0.3) is 0 Å². The molecule has 140 valence electrons. The molecule has 0 bridgehead atoms. The van der Waals surface area contributed by atoms with Crippen molar-refractivity contribution in [3.05, 3.63) is 62.6 Å². The number of hydrogen-bond acceptors (Lipinski definition) is 2. The summed E-state index contributed by atoms with van der Waals surface area (Å²) >= 11 is 12.3. The van der Waals surface area contributed by atoms with Gasteiger partial charge in [-0.25, -0.2) is 0 Å². The lowest BCUT2D eigenvalue weighted by atomic mass is 9.92. The third kappa shape index (κ3) is 3.11. The van der Waals surface area contributed by atoms with E-state index in [1.54, 1.807) is 11.8 Å². The first-order valence-electron chi connectivity index (χ1n) is 9.06. The molecule has 0 N–H and O–H groups in total. The molecule has 0 saturated heterocycles. The third-order valence-corrected chi connectivity index (χ3v) is 6.31. The van der Waals surface area contributed by atoms with Gasteiger partial charge in [0.1, 0.15) is 0 Å². The maximum absolute atomic E-state index is 13.2. The Balaban J connectivity index is 1.62. The molecule has 2 amide bonds. The molecule has 0 radical (unpaired) electrons. The molecule has 4 rings (SSSR count). The van der Waals surface area contributed by atoms with Gasteiger partial charge in [-0.1, -0.05) is 23.2 Å². The van der Waals surface area contributed by atoms with E-state index in [4.69, 9.17) is 23.2 Å². The first kappa shape index (κ1) is 18.3. The van der Waals surface area contributed by atoms with Gasteiger partial charge in [-0.15, -0.1) is 0 Å². The van der Waals surface area contributed by atoms with Crippen LogP contribution in [0.4, 0.5) is 5.69 Å². The highest BCUT2D eigenvalue weighted by molar-refractivity contribution is 6.42. The smallest absolute Gasteiger partial charge is 0.254 e. The molecule has 0 aromatic heterocycles. The standard InChI is InChI=1S/C21H20Cl2N2O2/c1-12-17-11-19(23)18(22)10-14(17)5-7-24(12)21(27)16-3-4-20-15(9-16)6-8-25(20)13(2)26/h3-4,9-12H,5-8H2,1-2H3/t12-/m0/s1. The molecule has 2 aromatic rings. The van der Waals surface area contributed by atoms with Crippen LogP contribution in [0.15, 0.2) is 30.3 Å². The van der Waals surface area contributed by atoms with E-state index >= 15 is 0 Å². The zero-order chi connectivity index (χ0) is 19.3. The Morgan fingerprint density at radius 1 is 1.00 bits per heavy atom. The van der Waals surface area contributed by atoms with E-state index < -0.39 is 0 Å². The van der Waals surface area contributed by atoms with E-state index in [1.807, 2.05) is 42.2 Å². The number of hydrogen-bond donors (Lipinski definition) is 0. The van der Waals surface area contributed by atoms with Crippen LogP contribution in [-0.2, 0) is 17.6 Å². The average Bonchev–Trinajstić information content (AvgIpc) is 3.06. The second-order valence-electron chi connectivity index (χ2n) is 7.15. The third-order valence-electron chi connectivity index (χ3n) is 5.58. The number of anilines is 1. The van der Waals surface area contributed by atoms with Gasteiger partial charge >= 0.3 is 0 Å². The highest BCUT2D eigenvalue weighted by atomic mass is 35.5. The van der Waals surface area contributed by atoms with Gasteiger partial charge in [0.05, 0.1) is 16.1 Å². The number of carbonyl (C=O) groups excluding carboxylic acids is 2. The molecule has 2 aromatic carbocycles. The van der Waals surface area contributed by atoms with Crippen LogP contribution in [0.2, 0.25) is 10.0 Å². The fraction of sp³-hybridized carbons (Fsp3) is 0.333. The molecule has 0 saturated carbocycles. The molecule has 2 aliphatic rings. The fourth-order valence-corrected chi connectivity index (χ4v) is 4.47. The molecule has 0 aliphatic carbocycles. The minimum Gasteiger partial charge on any atom is -0.332 e. The van der Waals surface area contributed by atoms with E-state index in [0.29, 0.717) is 28.7 Å². The van der Waals surface area contributed by atoms with Crippen molar-refractivity contribution < 1.29 is 9.59 Å². The highest BCUT2D eigenvalue weighted by Crippen LogP contribution is 2.36. The first-order chi connectivity index (χ1) is 12.9. The summed E-state index contributed by atoms with van der Waals surface area (Å²) < 4.78 is 0. The molecule has 0 unspecified atom stereocenters. The Hall–Kier alpha value is -2.04. The normalized spacial score (nSPS) is 18.3. The predicted octanol–water partition coefficient (Wildman–Crippen LogP) is 4.66. The average molecular weight is 403 g/mol. The zero-order valence-corrected chi connectivity index (χ0v) is 16.8. The van der Waals surface area contributed by atoms with Crippen LogP contribution < -0.4 is 4.90 Å². The van der Waals surface area contributed by atoms with E-state index in [-0.39, 0.29) is 17.9 Å². The molecule has 0 spiro atoms. The molecule has 1 atom stereocenters. The summed E-state index contributed by atoms with van der Waals surface area (Å²) in [5.41, 5.74) is 4.82. The Morgan fingerprint density at radius 2 is 1.70 bits per heavy atom. The topological polar surface area (TPSA) is 40.6 Å². The molecule has 27 heavy (non-hydrogen) atoms. The number of benzene rings is 2. The second kappa shape index (κ2) is 6.84. The van der Waals surface area contributed by atoms with Gasteiger partial charge in [-0.05, 0) is 66.8 Å². The monoisotopic (exact) mass is 402 g/mol. The lowest BCUT2D eigenvalue weighted by Crippen LogP contribution is -2.38. The van der Waals surface area contributed by atoms with Gasteiger partial charge in [0.15, 0.2) is 0 Å². The van der Waals surface area contributed by atoms with Crippen molar-refractivity contribution in [1.82, 2.24) is 4.90 Å². The van der Waals surface area contributed by atoms with Crippen LogP contribution in [0, 0.1) is 0 Å². The van der Waals surface area contributed by atoms with Crippen molar-refractivity contribution in [3.63, 3.8) is 0 Å². The van der Waals surface area contributed by atoms with Gasteiger partial charge in [0.2, 0.25) is 5.91 Å². The Kier molecular flexibility index (Phi) is 4.65. The summed E-state index contributed by atoms with van der Waals surface area (Å²) in [7, 11) is 0. The molecule has 4 nitrogen and oxygen atoms in total. The Morgan fingerprint density at radius 3 is 2.44 bits per heavy atom. The fourth-order valence-electron chi connectivity index (χ4n) is 4.12. The van der Waals surface area contributed by atoms with Crippen LogP contribution >= 0.6 is 23.2 Å².